The zero-order chi connectivity index (χ0) is 18.4. The number of fused-ring (bicyclic) bond motifs is 1. The molecule has 0 atom stereocenters. The fraction of sp³-hybridized carbons (Fsp3) is 0.474. The lowest BCUT2D eigenvalue weighted by Crippen LogP contribution is -2.38. The van der Waals surface area contributed by atoms with Crippen molar-refractivity contribution in [3.8, 4) is 0 Å². The molecule has 2 aromatic rings. The number of urea groups is 1. The van der Waals surface area contributed by atoms with E-state index >= 15 is 0 Å². The number of likely N-dealkylation sites (tertiary alicyclic amines) is 1. The second kappa shape index (κ2) is 8.98. The Bertz CT molecular complexity index is 769. The summed E-state index contributed by atoms with van der Waals surface area (Å²) in [5, 5.41) is 6.35. The van der Waals surface area contributed by atoms with Crippen LogP contribution in [-0.2, 0) is 11.3 Å². The fourth-order valence-electron chi connectivity index (χ4n) is 3.15. The molecule has 3 rings (SSSR count). The van der Waals surface area contributed by atoms with Gasteiger partial charge in [-0.15, -0.1) is 11.3 Å². The van der Waals surface area contributed by atoms with E-state index in [9.17, 15) is 14.0 Å². The molecule has 1 saturated heterocycles. The number of thiophene rings is 1. The topological polar surface area (TPSA) is 61.4 Å². The third-order valence-corrected chi connectivity index (χ3v) is 5.65. The van der Waals surface area contributed by atoms with Crippen LogP contribution in [-0.4, -0.2) is 36.5 Å². The molecule has 0 aliphatic carbocycles. The van der Waals surface area contributed by atoms with Crippen molar-refractivity contribution in [2.75, 3.05) is 19.6 Å². The molecular weight excluding hydrogens is 353 g/mol. The van der Waals surface area contributed by atoms with E-state index < -0.39 is 0 Å². The van der Waals surface area contributed by atoms with E-state index in [1.54, 1.807) is 6.07 Å². The molecule has 2 heterocycles. The molecule has 1 aromatic heterocycles. The van der Waals surface area contributed by atoms with Gasteiger partial charge in [0.25, 0.3) is 0 Å². The maximum Gasteiger partial charge on any atom is 0.315 e. The molecule has 140 valence electrons. The lowest BCUT2D eigenvalue weighted by Gasteiger charge is -2.20. The van der Waals surface area contributed by atoms with E-state index in [1.165, 1.54) is 36.3 Å². The largest absolute Gasteiger partial charge is 0.343 e. The monoisotopic (exact) mass is 377 g/mol. The average molecular weight is 377 g/mol. The van der Waals surface area contributed by atoms with Crippen molar-refractivity contribution >= 4 is 33.4 Å². The Kier molecular flexibility index (Phi) is 6.44. The molecule has 1 aliphatic rings. The van der Waals surface area contributed by atoms with E-state index in [-0.39, 0.29) is 17.8 Å². The Morgan fingerprint density at radius 1 is 1.08 bits per heavy atom. The first-order valence-electron chi connectivity index (χ1n) is 9.09. The van der Waals surface area contributed by atoms with Crippen LogP contribution in [0.2, 0.25) is 0 Å². The van der Waals surface area contributed by atoms with Gasteiger partial charge in [-0.05, 0) is 42.5 Å². The summed E-state index contributed by atoms with van der Waals surface area (Å²) in [6, 6.07) is 6.25. The van der Waals surface area contributed by atoms with E-state index in [1.807, 2.05) is 11.0 Å². The molecule has 1 fully saturated rings. The third kappa shape index (κ3) is 5.17. The second-order valence-electron chi connectivity index (χ2n) is 6.55. The number of rotatable bonds is 5. The summed E-state index contributed by atoms with van der Waals surface area (Å²) in [6.07, 6.45) is 4.84. The Morgan fingerprint density at radius 3 is 2.62 bits per heavy atom. The number of nitrogens with zero attached hydrogens (tertiary/aromatic N) is 1. The van der Waals surface area contributed by atoms with Gasteiger partial charge < -0.3 is 15.5 Å². The van der Waals surface area contributed by atoms with Crippen molar-refractivity contribution in [1.29, 1.82) is 0 Å². The molecule has 0 bridgehead atoms. The summed E-state index contributed by atoms with van der Waals surface area (Å²) in [5.41, 5.74) is 0. The van der Waals surface area contributed by atoms with Crippen molar-refractivity contribution in [1.82, 2.24) is 15.5 Å². The summed E-state index contributed by atoms with van der Waals surface area (Å²) < 4.78 is 14.2. The normalized spacial score (nSPS) is 14.9. The molecule has 2 N–H and O–H groups in total. The number of nitrogens with one attached hydrogen (secondary N) is 2. The van der Waals surface area contributed by atoms with Crippen molar-refractivity contribution in [3.63, 3.8) is 0 Å². The van der Waals surface area contributed by atoms with Crippen LogP contribution in [0.5, 0.6) is 0 Å². The summed E-state index contributed by atoms with van der Waals surface area (Å²) in [7, 11) is 0. The van der Waals surface area contributed by atoms with Gasteiger partial charge in [-0.3, -0.25) is 4.79 Å². The van der Waals surface area contributed by atoms with Gasteiger partial charge in [-0.1, -0.05) is 12.8 Å². The lowest BCUT2D eigenvalue weighted by atomic mass is 10.2. The first kappa shape index (κ1) is 18.6. The highest BCUT2D eigenvalue weighted by molar-refractivity contribution is 7.19. The minimum atomic E-state index is -0.294. The Morgan fingerprint density at radius 2 is 1.85 bits per heavy atom. The number of hydrogen-bond donors (Lipinski definition) is 2. The zero-order valence-corrected chi connectivity index (χ0v) is 15.5. The number of hydrogen-bond acceptors (Lipinski definition) is 3. The van der Waals surface area contributed by atoms with Gasteiger partial charge in [-0.25, -0.2) is 9.18 Å². The van der Waals surface area contributed by atoms with Gasteiger partial charge in [0.2, 0.25) is 5.91 Å². The molecule has 3 amide bonds. The Balaban J connectivity index is 1.38. The predicted molar refractivity (Wildman–Crippen MR) is 102 cm³/mol. The highest BCUT2D eigenvalue weighted by Gasteiger charge is 2.15. The van der Waals surface area contributed by atoms with Crippen molar-refractivity contribution in [3.05, 3.63) is 35.0 Å². The highest BCUT2D eigenvalue weighted by atomic mass is 32.1. The van der Waals surface area contributed by atoms with E-state index in [2.05, 4.69) is 10.6 Å². The number of carbonyl (C=O) groups excluding carboxylic acids is 2. The molecule has 0 saturated carbocycles. The van der Waals surface area contributed by atoms with Crippen molar-refractivity contribution in [2.24, 2.45) is 0 Å². The van der Waals surface area contributed by atoms with Crippen LogP contribution in [0.4, 0.5) is 9.18 Å². The van der Waals surface area contributed by atoms with Crippen LogP contribution in [0.25, 0.3) is 10.1 Å². The summed E-state index contributed by atoms with van der Waals surface area (Å²) >= 11 is 1.53. The Labute approximate surface area is 156 Å². The lowest BCUT2D eigenvalue weighted by molar-refractivity contribution is -0.131. The minimum absolute atomic E-state index is 0.110. The van der Waals surface area contributed by atoms with Crippen LogP contribution in [0, 0.1) is 5.82 Å². The number of halogens is 1. The molecule has 7 heteroatoms. The van der Waals surface area contributed by atoms with Gasteiger partial charge in [0, 0.05) is 35.6 Å². The molecule has 1 aliphatic heterocycles. The summed E-state index contributed by atoms with van der Waals surface area (Å²) in [6.45, 7) is 2.38. The minimum Gasteiger partial charge on any atom is -0.343 e. The van der Waals surface area contributed by atoms with E-state index in [0.717, 1.165) is 40.9 Å². The molecular formula is C19H24FN3O2S. The first-order valence-corrected chi connectivity index (χ1v) is 9.91. The summed E-state index contributed by atoms with van der Waals surface area (Å²) in [5.74, 6) is -0.152. The van der Waals surface area contributed by atoms with Gasteiger partial charge >= 0.3 is 6.03 Å². The van der Waals surface area contributed by atoms with Gasteiger partial charge in [0.1, 0.15) is 5.82 Å². The predicted octanol–water partition coefficient (Wildman–Crippen LogP) is 3.63. The molecule has 0 unspecified atom stereocenters. The number of benzene rings is 1. The van der Waals surface area contributed by atoms with Crippen LogP contribution in [0.3, 0.4) is 0 Å². The van der Waals surface area contributed by atoms with Crippen LogP contribution < -0.4 is 10.6 Å². The molecule has 1 aromatic carbocycles. The van der Waals surface area contributed by atoms with E-state index in [0.29, 0.717) is 19.5 Å². The van der Waals surface area contributed by atoms with Crippen LogP contribution >= 0.6 is 11.3 Å². The summed E-state index contributed by atoms with van der Waals surface area (Å²) in [4.78, 5) is 26.9. The fourth-order valence-corrected chi connectivity index (χ4v) is 4.13. The smallest absolute Gasteiger partial charge is 0.315 e. The van der Waals surface area contributed by atoms with Crippen LogP contribution in [0.15, 0.2) is 24.3 Å². The number of carbonyl (C=O) groups is 2. The quantitative estimate of drug-likeness (QED) is 0.836. The number of amides is 3. The molecule has 26 heavy (non-hydrogen) atoms. The maximum atomic E-state index is 13.2. The van der Waals surface area contributed by atoms with Crippen molar-refractivity contribution in [2.45, 2.75) is 38.6 Å². The molecule has 5 nitrogen and oxygen atoms in total. The van der Waals surface area contributed by atoms with Gasteiger partial charge in [0.05, 0.1) is 6.54 Å². The Hall–Kier alpha value is -2.15. The standard InChI is InChI=1S/C19H24FN3O2S/c20-15-5-6-17-14(11-15)12-16(26-17)13-22-19(25)21-8-7-18(24)23-9-3-1-2-4-10-23/h5-6,11-12H,1-4,7-10,13H2,(H2,21,22,25). The van der Waals surface area contributed by atoms with Crippen molar-refractivity contribution < 1.29 is 14.0 Å². The highest BCUT2D eigenvalue weighted by Crippen LogP contribution is 2.26. The average Bonchev–Trinajstić information content (AvgIpc) is 2.83. The van der Waals surface area contributed by atoms with Gasteiger partial charge in [0.15, 0.2) is 0 Å². The van der Waals surface area contributed by atoms with Crippen LogP contribution in [0.1, 0.15) is 37.0 Å². The SMILES string of the molecule is O=C(NCCC(=O)N1CCCCCC1)NCc1cc2cc(F)ccc2s1. The zero-order valence-electron chi connectivity index (χ0n) is 14.7. The molecule has 0 spiro atoms. The van der Waals surface area contributed by atoms with Gasteiger partial charge in [-0.2, -0.15) is 0 Å². The first-order chi connectivity index (χ1) is 12.6. The maximum absolute atomic E-state index is 13.2. The third-order valence-electron chi connectivity index (χ3n) is 4.54. The molecule has 0 radical (unpaired) electrons. The second-order valence-corrected chi connectivity index (χ2v) is 7.72. The van der Waals surface area contributed by atoms with E-state index in [4.69, 9.17) is 0 Å².